The van der Waals surface area contributed by atoms with Gasteiger partial charge >= 0.3 is 0 Å². The van der Waals surface area contributed by atoms with E-state index < -0.39 is 12.0 Å². The van der Waals surface area contributed by atoms with E-state index in [1.807, 2.05) is 19.1 Å². The zero-order valence-electron chi connectivity index (χ0n) is 18.5. The molecule has 0 aliphatic heterocycles. The largest absolute Gasteiger partial charge is 0.472 e. The van der Waals surface area contributed by atoms with E-state index in [4.69, 9.17) is 4.42 Å². The van der Waals surface area contributed by atoms with E-state index in [9.17, 15) is 5.11 Å². The Labute approximate surface area is 197 Å². The highest BCUT2D eigenvalue weighted by Crippen LogP contribution is 2.34. The molecule has 0 saturated heterocycles. The molecule has 1 unspecified atom stereocenters. The van der Waals surface area contributed by atoms with Crippen molar-refractivity contribution in [2.24, 2.45) is 0 Å². The number of nitrogens with one attached hydrogen (secondary N) is 3. The molecule has 0 bridgehead atoms. The lowest BCUT2D eigenvalue weighted by molar-refractivity contribution is 0.199. The Hall–Kier alpha value is -4.64. The van der Waals surface area contributed by atoms with E-state index in [0.717, 1.165) is 11.1 Å². The number of H-pyrrole nitrogens is 2. The first kappa shape index (κ1) is 20.9. The van der Waals surface area contributed by atoms with Crippen molar-refractivity contribution in [3.63, 3.8) is 0 Å². The molecule has 6 heterocycles. The Morgan fingerprint density at radius 3 is 2.89 bits per heavy atom. The second-order valence-electron chi connectivity index (χ2n) is 7.97. The molecule has 4 N–H and O–H groups in total. The summed E-state index contributed by atoms with van der Waals surface area (Å²) in [6, 6.07) is 5.38. The Balaban J connectivity index is 1.47. The molecule has 6 aromatic rings. The van der Waals surface area contributed by atoms with Crippen LogP contribution in [0.15, 0.2) is 59.9 Å². The van der Waals surface area contributed by atoms with Crippen molar-refractivity contribution in [1.29, 1.82) is 0 Å². The van der Waals surface area contributed by atoms with Gasteiger partial charge in [-0.1, -0.05) is 6.92 Å². The van der Waals surface area contributed by atoms with Gasteiger partial charge in [-0.3, -0.25) is 15.1 Å². The molecule has 0 aromatic carbocycles. The first-order valence-electron chi connectivity index (χ1n) is 10.9. The van der Waals surface area contributed by atoms with E-state index >= 15 is 4.39 Å². The van der Waals surface area contributed by atoms with Crippen LogP contribution in [0.5, 0.6) is 0 Å². The summed E-state index contributed by atoms with van der Waals surface area (Å²) in [5.74, 6) is -0.199. The van der Waals surface area contributed by atoms with Crippen molar-refractivity contribution in [3.05, 3.63) is 61.3 Å². The normalized spacial score (nSPS) is 12.4. The number of aliphatic hydroxyl groups is 1. The molecule has 6 aromatic heterocycles. The number of fused-ring (bicyclic) bond motifs is 2. The summed E-state index contributed by atoms with van der Waals surface area (Å²) >= 11 is 0. The molecule has 174 valence electrons. The quantitative estimate of drug-likeness (QED) is 0.261. The van der Waals surface area contributed by atoms with Gasteiger partial charge in [0.25, 0.3) is 0 Å². The molecule has 35 heavy (non-hydrogen) atoms. The zero-order valence-corrected chi connectivity index (χ0v) is 18.5. The van der Waals surface area contributed by atoms with Gasteiger partial charge in [-0.2, -0.15) is 5.10 Å². The summed E-state index contributed by atoms with van der Waals surface area (Å²) in [5, 5.41) is 20.2. The maximum absolute atomic E-state index is 15.9. The summed E-state index contributed by atoms with van der Waals surface area (Å²) in [6.07, 6.45) is 9.24. The Kier molecular flexibility index (Phi) is 4.96. The monoisotopic (exact) mass is 470 g/mol. The zero-order chi connectivity index (χ0) is 23.9. The molecule has 11 heteroatoms. The number of anilines is 1. The fourth-order valence-electron chi connectivity index (χ4n) is 3.97. The predicted octanol–water partition coefficient (Wildman–Crippen LogP) is 4.50. The van der Waals surface area contributed by atoms with Crippen LogP contribution in [0.4, 0.5) is 10.1 Å². The van der Waals surface area contributed by atoms with Crippen LogP contribution in [0.2, 0.25) is 0 Å². The number of pyridine rings is 3. The van der Waals surface area contributed by atoms with E-state index in [0.29, 0.717) is 45.9 Å². The van der Waals surface area contributed by atoms with Crippen LogP contribution in [0.1, 0.15) is 13.3 Å². The van der Waals surface area contributed by atoms with Crippen molar-refractivity contribution in [2.75, 3.05) is 5.32 Å². The number of halogens is 1. The van der Waals surface area contributed by atoms with E-state index in [2.05, 4.69) is 40.4 Å². The maximum atomic E-state index is 15.9. The minimum Gasteiger partial charge on any atom is -0.472 e. The third-order valence-corrected chi connectivity index (χ3v) is 5.72. The van der Waals surface area contributed by atoms with Gasteiger partial charge in [-0.25, -0.2) is 14.4 Å². The van der Waals surface area contributed by atoms with E-state index in [1.165, 1.54) is 12.4 Å². The number of aromatic amines is 2. The highest BCUT2D eigenvalue weighted by molar-refractivity contribution is 5.97. The molecule has 0 radical (unpaired) electrons. The summed E-state index contributed by atoms with van der Waals surface area (Å²) in [4.78, 5) is 20.6. The number of hydrogen-bond donors (Lipinski definition) is 4. The van der Waals surface area contributed by atoms with Crippen molar-refractivity contribution < 1.29 is 13.9 Å². The van der Waals surface area contributed by atoms with Gasteiger partial charge in [0.15, 0.2) is 17.3 Å². The first-order valence-corrected chi connectivity index (χ1v) is 10.9. The van der Waals surface area contributed by atoms with Crippen molar-refractivity contribution in [1.82, 2.24) is 35.1 Å². The van der Waals surface area contributed by atoms with Crippen LogP contribution in [-0.2, 0) is 0 Å². The van der Waals surface area contributed by atoms with E-state index in [1.54, 1.807) is 31.0 Å². The number of furan rings is 1. The lowest BCUT2D eigenvalue weighted by Gasteiger charge is -2.12. The van der Waals surface area contributed by atoms with Crippen LogP contribution in [0.3, 0.4) is 0 Å². The van der Waals surface area contributed by atoms with Gasteiger partial charge in [0.2, 0.25) is 0 Å². The highest BCUT2D eigenvalue weighted by Gasteiger charge is 2.21. The van der Waals surface area contributed by atoms with Crippen LogP contribution in [-0.4, -0.2) is 46.5 Å². The minimum atomic E-state index is -0.735. The number of nitrogens with zero attached hydrogens (tertiary/aromatic N) is 5. The third-order valence-electron chi connectivity index (χ3n) is 5.72. The Morgan fingerprint density at radius 1 is 1.14 bits per heavy atom. The lowest BCUT2D eigenvalue weighted by atomic mass is 10.1. The molecule has 6 rings (SSSR count). The summed E-state index contributed by atoms with van der Waals surface area (Å²) < 4.78 is 21.1. The average Bonchev–Trinajstić information content (AvgIpc) is 3.63. The van der Waals surface area contributed by atoms with Crippen molar-refractivity contribution in [2.45, 2.75) is 19.6 Å². The fourth-order valence-corrected chi connectivity index (χ4v) is 3.97. The molecule has 0 amide bonds. The van der Waals surface area contributed by atoms with Gasteiger partial charge in [0, 0.05) is 29.1 Å². The second-order valence-corrected chi connectivity index (χ2v) is 7.97. The van der Waals surface area contributed by atoms with E-state index in [-0.39, 0.29) is 11.1 Å². The Morgan fingerprint density at radius 2 is 2.06 bits per heavy atom. The fraction of sp³-hybridized carbons (Fsp3) is 0.125. The topological polar surface area (TPSA) is 141 Å². The van der Waals surface area contributed by atoms with Crippen LogP contribution >= 0.6 is 0 Å². The molecule has 0 spiro atoms. The standard InChI is InChI=1S/C24H19FN8O2/c1-2-17(34)29-14-7-13(8-26-9-14)20-19(25)18-16(10-28-20)32-33-22(18)24-30-21-15(12-4-6-35-11-12)3-5-27-23(21)31-24/h3-11,17,29,34H,2H2,1H3,(H,32,33)(H,27,30,31). The van der Waals surface area contributed by atoms with Gasteiger partial charge < -0.3 is 19.8 Å². The van der Waals surface area contributed by atoms with Crippen LogP contribution < -0.4 is 5.32 Å². The first-order chi connectivity index (χ1) is 17.1. The van der Waals surface area contributed by atoms with Gasteiger partial charge in [-0.05, 0) is 24.6 Å². The number of aliphatic hydroxyl groups excluding tert-OH is 1. The molecular weight excluding hydrogens is 451 g/mol. The maximum Gasteiger partial charge on any atom is 0.178 e. The summed E-state index contributed by atoms with van der Waals surface area (Å²) in [6.45, 7) is 1.84. The molecule has 10 nitrogen and oxygen atoms in total. The van der Waals surface area contributed by atoms with Gasteiger partial charge in [0.05, 0.1) is 47.0 Å². The number of rotatable bonds is 6. The number of hydrogen-bond acceptors (Lipinski definition) is 8. The molecule has 0 saturated carbocycles. The van der Waals surface area contributed by atoms with Gasteiger partial charge in [-0.15, -0.1) is 0 Å². The van der Waals surface area contributed by atoms with Crippen LogP contribution in [0, 0.1) is 5.82 Å². The molecular formula is C24H19FN8O2. The molecule has 0 aliphatic carbocycles. The van der Waals surface area contributed by atoms with Crippen LogP contribution in [0.25, 0.3) is 56.0 Å². The van der Waals surface area contributed by atoms with Crippen molar-refractivity contribution >= 4 is 27.8 Å². The minimum absolute atomic E-state index is 0.107. The molecule has 1 atom stereocenters. The predicted molar refractivity (Wildman–Crippen MR) is 128 cm³/mol. The molecule has 0 fully saturated rings. The van der Waals surface area contributed by atoms with Crippen molar-refractivity contribution in [3.8, 4) is 33.9 Å². The SMILES string of the molecule is CCC(O)Nc1cncc(-c2ncc3[nH]nc(-c4nc5nccc(-c6ccoc6)c5[nH]4)c3c2F)c1. The lowest BCUT2D eigenvalue weighted by Crippen LogP contribution is -2.17. The Bertz CT molecular complexity index is 1660. The smallest absolute Gasteiger partial charge is 0.178 e. The van der Waals surface area contributed by atoms with Gasteiger partial charge in [0.1, 0.15) is 17.6 Å². The number of aromatic nitrogens is 7. The second kappa shape index (κ2) is 8.29. The average molecular weight is 470 g/mol. The third kappa shape index (κ3) is 3.58. The highest BCUT2D eigenvalue weighted by atomic mass is 19.1. The molecule has 0 aliphatic rings. The summed E-state index contributed by atoms with van der Waals surface area (Å²) in [7, 11) is 0. The summed E-state index contributed by atoms with van der Waals surface area (Å²) in [5.41, 5.74) is 4.74. The number of imidazole rings is 1.